The van der Waals surface area contributed by atoms with Crippen molar-refractivity contribution in [3.8, 4) is 0 Å². The van der Waals surface area contributed by atoms with Gasteiger partial charge in [-0.3, -0.25) is 9.89 Å². The van der Waals surface area contributed by atoms with Crippen LogP contribution in [0.4, 0.5) is 0 Å². The molecule has 6 heteroatoms. The number of fused-ring (bicyclic) bond motifs is 1. The summed E-state index contributed by atoms with van der Waals surface area (Å²) >= 11 is 0. The van der Waals surface area contributed by atoms with Gasteiger partial charge in [0, 0.05) is 5.56 Å². The number of rotatable bonds is 3. The smallest absolute Gasteiger partial charge is 0.356 e. The van der Waals surface area contributed by atoms with Crippen molar-refractivity contribution < 1.29 is 19.1 Å². The molecule has 6 nitrogen and oxygen atoms in total. The molecule has 1 atom stereocenters. The largest absolute Gasteiger partial charge is 0.461 e. The predicted octanol–water partition coefficient (Wildman–Crippen LogP) is 2.03. The molecule has 0 aliphatic heterocycles. The summed E-state index contributed by atoms with van der Waals surface area (Å²) in [6, 6.07) is 0. The standard InChI is InChI=1S/C15H22N2O4/c1-5-20-14(19)12-10-8-9(6-7-11(10)16-17-12)13(18)21-15(2,3)4/h9H,5-8H2,1-4H3,(H,16,17). The van der Waals surface area contributed by atoms with Gasteiger partial charge in [-0.25, -0.2) is 4.79 Å². The van der Waals surface area contributed by atoms with Crippen molar-refractivity contribution in [3.05, 3.63) is 17.0 Å². The van der Waals surface area contributed by atoms with Gasteiger partial charge in [-0.2, -0.15) is 5.10 Å². The molecular formula is C15H22N2O4. The SMILES string of the molecule is CCOC(=O)c1[nH]nc2c1CC(C(=O)OC(C)(C)C)CC2. The molecule has 0 spiro atoms. The van der Waals surface area contributed by atoms with Gasteiger partial charge >= 0.3 is 11.9 Å². The Hall–Kier alpha value is -1.85. The zero-order chi connectivity index (χ0) is 15.6. The third-order valence-corrected chi connectivity index (χ3v) is 3.35. The second-order valence-corrected chi connectivity index (χ2v) is 6.22. The van der Waals surface area contributed by atoms with Crippen LogP contribution in [0, 0.1) is 5.92 Å². The zero-order valence-electron chi connectivity index (χ0n) is 13.0. The van der Waals surface area contributed by atoms with Crippen molar-refractivity contribution in [3.63, 3.8) is 0 Å². The molecule has 2 rings (SSSR count). The molecule has 0 radical (unpaired) electrons. The fourth-order valence-corrected chi connectivity index (χ4v) is 2.45. The molecule has 21 heavy (non-hydrogen) atoms. The van der Waals surface area contributed by atoms with Crippen LogP contribution in [0.15, 0.2) is 0 Å². The van der Waals surface area contributed by atoms with Crippen molar-refractivity contribution in [2.24, 2.45) is 5.92 Å². The highest BCUT2D eigenvalue weighted by atomic mass is 16.6. The average molecular weight is 294 g/mol. The maximum atomic E-state index is 12.2. The number of nitrogens with zero attached hydrogens (tertiary/aromatic N) is 1. The first kappa shape index (κ1) is 15.5. The van der Waals surface area contributed by atoms with Crippen molar-refractivity contribution in [1.82, 2.24) is 10.2 Å². The van der Waals surface area contributed by atoms with Gasteiger partial charge in [0.1, 0.15) is 11.3 Å². The highest BCUT2D eigenvalue weighted by Crippen LogP contribution is 2.28. The number of carbonyl (C=O) groups is 2. The Morgan fingerprint density at radius 2 is 2.10 bits per heavy atom. The molecule has 0 aromatic carbocycles. The van der Waals surface area contributed by atoms with E-state index in [-0.39, 0.29) is 11.9 Å². The molecule has 116 valence electrons. The number of nitrogens with one attached hydrogen (secondary N) is 1. The van der Waals surface area contributed by atoms with Gasteiger partial charge in [0.15, 0.2) is 0 Å². The van der Waals surface area contributed by atoms with E-state index in [9.17, 15) is 9.59 Å². The summed E-state index contributed by atoms with van der Waals surface area (Å²) in [5.41, 5.74) is 1.49. The summed E-state index contributed by atoms with van der Waals surface area (Å²) in [4.78, 5) is 24.1. The van der Waals surface area contributed by atoms with Gasteiger partial charge in [-0.15, -0.1) is 0 Å². The van der Waals surface area contributed by atoms with E-state index in [0.29, 0.717) is 31.6 Å². The van der Waals surface area contributed by atoms with Gasteiger partial charge in [-0.1, -0.05) is 0 Å². The van der Waals surface area contributed by atoms with Gasteiger partial charge in [0.05, 0.1) is 18.2 Å². The summed E-state index contributed by atoms with van der Waals surface area (Å²) in [6.45, 7) is 7.61. The predicted molar refractivity (Wildman–Crippen MR) is 75.9 cm³/mol. The molecule has 1 aliphatic rings. The van der Waals surface area contributed by atoms with Crippen LogP contribution in [0.5, 0.6) is 0 Å². The number of aryl methyl sites for hydroxylation is 1. The Morgan fingerprint density at radius 3 is 2.71 bits per heavy atom. The van der Waals surface area contributed by atoms with E-state index in [0.717, 1.165) is 11.3 Å². The third-order valence-electron chi connectivity index (χ3n) is 3.35. The van der Waals surface area contributed by atoms with Crippen LogP contribution in [0.25, 0.3) is 0 Å². The molecule has 1 heterocycles. The molecule has 1 aromatic rings. The van der Waals surface area contributed by atoms with E-state index in [1.165, 1.54) is 0 Å². The lowest BCUT2D eigenvalue weighted by Crippen LogP contribution is -2.32. The summed E-state index contributed by atoms with van der Waals surface area (Å²) in [6.07, 6.45) is 1.82. The summed E-state index contributed by atoms with van der Waals surface area (Å²) < 4.78 is 10.4. The van der Waals surface area contributed by atoms with Crippen LogP contribution in [0.3, 0.4) is 0 Å². The Morgan fingerprint density at radius 1 is 1.38 bits per heavy atom. The Labute approximate surface area is 124 Å². The van der Waals surface area contributed by atoms with Crippen LogP contribution in [-0.2, 0) is 27.1 Å². The summed E-state index contributed by atoms with van der Waals surface area (Å²) in [5, 5.41) is 6.88. The molecule has 1 unspecified atom stereocenters. The minimum absolute atomic E-state index is 0.218. The van der Waals surface area contributed by atoms with E-state index < -0.39 is 11.6 Å². The van der Waals surface area contributed by atoms with E-state index in [1.807, 2.05) is 20.8 Å². The lowest BCUT2D eigenvalue weighted by atomic mass is 9.86. The van der Waals surface area contributed by atoms with E-state index >= 15 is 0 Å². The fraction of sp³-hybridized carbons (Fsp3) is 0.667. The molecule has 1 aromatic heterocycles. The summed E-state index contributed by atoms with van der Waals surface area (Å²) in [5.74, 6) is -0.872. The number of ether oxygens (including phenoxy) is 2. The molecule has 0 fully saturated rings. The highest BCUT2D eigenvalue weighted by Gasteiger charge is 2.33. The topological polar surface area (TPSA) is 81.3 Å². The number of aromatic nitrogens is 2. The first-order valence-corrected chi connectivity index (χ1v) is 7.28. The molecule has 0 saturated heterocycles. The lowest BCUT2D eigenvalue weighted by Gasteiger charge is -2.26. The molecule has 1 aliphatic carbocycles. The van der Waals surface area contributed by atoms with E-state index in [2.05, 4.69) is 10.2 Å². The number of esters is 2. The molecule has 1 N–H and O–H groups in total. The fourth-order valence-electron chi connectivity index (χ4n) is 2.45. The Kier molecular flexibility index (Phi) is 4.34. The van der Waals surface area contributed by atoms with Crippen molar-refractivity contribution in [1.29, 1.82) is 0 Å². The summed E-state index contributed by atoms with van der Waals surface area (Å²) in [7, 11) is 0. The number of H-pyrrole nitrogens is 1. The second-order valence-electron chi connectivity index (χ2n) is 6.22. The molecular weight excluding hydrogens is 272 g/mol. The minimum atomic E-state index is -0.502. The first-order chi connectivity index (χ1) is 9.81. The first-order valence-electron chi connectivity index (χ1n) is 7.28. The second kappa shape index (κ2) is 5.87. The van der Waals surface area contributed by atoms with Crippen LogP contribution in [0.2, 0.25) is 0 Å². The third kappa shape index (κ3) is 3.62. The zero-order valence-corrected chi connectivity index (χ0v) is 13.0. The number of aromatic amines is 1. The van der Waals surface area contributed by atoms with Gasteiger partial charge in [-0.05, 0) is 47.0 Å². The number of carbonyl (C=O) groups excluding carboxylic acids is 2. The van der Waals surface area contributed by atoms with E-state index in [1.54, 1.807) is 6.92 Å². The minimum Gasteiger partial charge on any atom is -0.461 e. The highest BCUT2D eigenvalue weighted by molar-refractivity contribution is 5.89. The number of hydrogen-bond donors (Lipinski definition) is 1. The van der Waals surface area contributed by atoms with Gasteiger partial charge in [0.2, 0.25) is 0 Å². The molecule has 0 saturated carbocycles. The van der Waals surface area contributed by atoms with Crippen LogP contribution < -0.4 is 0 Å². The quantitative estimate of drug-likeness (QED) is 0.863. The normalized spacial score (nSPS) is 18.0. The Balaban J connectivity index is 2.14. The van der Waals surface area contributed by atoms with Crippen molar-refractivity contribution in [2.45, 2.75) is 52.6 Å². The lowest BCUT2D eigenvalue weighted by molar-refractivity contribution is -0.160. The molecule has 0 amide bonds. The monoisotopic (exact) mass is 294 g/mol. The maximum Gasteiger partial charge on any atom is 0.356 e. The van der Waals surface area contributed by atoms with Crippen molar-refractivity contribution >= 4 is 11.9 Å². The van der Waals surface area contributed by atoms with Crippen molar-refractivity contribution in [2.75, 3.05) is 6.61 Å². The van der Waals surface area contributed by atoms with Crippen LogP contribution in [-0.4, -0.2) is 34.3 Å². The Bertz CT molecular complexity index is 542. The van der Waals surface area contributed by atoms with Gasteiger partial charge in [0.25, 0.3) is 0 Å². The average Bonchev–Trinajstić information content (AvgIpc) is 2.79. The van der Waals surface area contributed by atoms with Crippen LogP contribution >= 0.6 is 0 Å². The van der Waals surface area contributed by atoms with Crippen LogP contribution in [0.1, 0.15) is 55.9 Å². The van der Waals surface area contributed by atoms with E-state index in [4.69, 9.17) is 9.47 Å². The number of hydrogen-bond acceptors (Lipinski definition) is 5. The maximum absolute atomic E-state index is 12.2. The molecule has 0 bridgehead atoms. The van der Waals surface area contributed by atoms with Gasteiger partial charge < -0.3 is 9.47 Å².